The highest BCUT2D eigenvalue weighted by Crippen LogP contribution is 2.51. The normalized spacial score (nSPS) is 25.4. The van der Waals surface area contributed by atoms with Crippen molar-refractivity contribution in [1.29, 1.82) is 0 Å². The van der Waals surface area contributed by atoms with Crippen LogP contribution >= 0.6 is 0 Å². The van der Waals surface area contributed by atoms with Crippen molar-refractivity contribution in [2.75, 3.05) is 0 Å². The van der Waals surface area contributed by atoms with Gasteiger partial charge in [0.05, 0.1) is 0 Å². The minimum atomic E-state index is -0.725. The summed E-state index contributed by atoms with van der Waals surface area (Å²) in [5.74, 6) is 0.505. The molecule has 0 radical (unpaired) electrons. The average molecular weight is 463 g/mol. The van der Waals surface area contributed by atoms with Crippen LogP contribution in [0.15, 0.2) is 12.1 Å². The topological polar surface area (TPSA) is 0 Å². The molecular formula is C32H40F2. The third kappa shape index (κ3) is 3.49. The fraction of sp³-hybridized carbons (Fsp3) is 0.625. The molecule has 2 heteroatoms. The van der Waals surface area contributed by atoms with Crippen LogP contribution < -0.4 is 0 Å². The first kappa shape index (κ1) is 22.7. The summed E-state index contributed by atoms with van der Waals surface area (Å²) in [5, 5.41) is 0. The number of benzene rings is 2. The molecule has 182 valence electrons. The molecule has 4 aliphatic rings. The van der Waals surface area contributed by atoms with Gasteiger partial charge in [-0.1, -0.05) is 46.8 Å². The van der Waals surface area contributed by atoms with E-state index in [9.17, 15) is 8.78 Å². The Kier molecular flexibility index (Phi) is 5.12. The molecule has 0 N–H and O–H groups in total. The van der Waals surface area contributed by atoms with Gasteiger partial charge in [-0.15, -0.1) is 0 Å². The maximum absolute atomic E-state index is 14.6. The largest absolute Gasteiger partial charge is 0.247 e. The molecule has 0 heterocycles. The van der Waals surface area contributed by atoms with E-state index >= 15 is 0 Å². The van der Waals surface area contributed by atoms with Gasteiger partial charge in [-0.3, -0.25) is 0 Å². The molecule has 4 aliphatic carbocycles. The van der Waals surface area contributed by atoms with E-state index in [1.165, 1.54) is 62.9 Å². The summed E-state index contributed by atoms with van der Waals surface area (Å²) in [4.78, 5) is 0. The summed E-state index contributed by atoms with van der Waals surface area (Å²) < 4.78 is 29.1. The number of hydrogen-bond acceptors (Lipinski definition) is 0. The Morgan fingerprint density at radius 2 is 1.35 bits per heavy atom. The molecule has 0 bridgehead atoms. The number of rotatable bonds is 3. The average Bonchev–Trinajstić information content (AvgIpc) is 3.48. The second-order valence-electron chi connectivity index (χ2n) is 13.4. The first-order valence-corrected chi connectivity index (χ1v) is 13.7. The van der Waals surface area contributed by atoms with Crippen molar-refractivity contribution < 1.29 is 8.78 Å². The first-order valence-electron chi connectivity index (χ1n) is 13.7. The Balaban J connectivity index is 1.41. The predicted octanol–water partition coefficient (Wildman–Crippen LogP) is 7.74. The summed E-state index contributed by atoms with van der Waals surface area (Å²) in [7, 11) is 0. The molecule has 0 saturated heterocycles. The van der Waals surface area contributed by atoms with Gasteiger partial charge >= 0.3 is 0 Å². The second-order valence-corrected chi connectivity index (χ2v) is 13.4. The SMILES string of the molecule is CC(C)(C)c1c2c(cc3c1CCC3CC(C)(C)c1c3c(cc4c1C[C@H](F)C4)CCC3)C[C@H](F)C2. The van der Waals surface area contributed by atoms with E-state index < -0.39 is 12.3 Å². The fourth-order valence-corrected chi connectivity index (χ4v) is 8.36. The van der Waals surface area contributed by atoms with Crippen molar-refractivity contribution in [2.24, 2.45) is 0 Å². The highest BCUT2D eigenvalue weighted by molar-refractivity contribution is 5.56. The first-order chi connectivity index (χ1) is 16.0. The molecule has 0 saturated carbocycles. The minimum Gasteiger partial charge on any atom is -0.247 e. The summed E-state index contributed by atoms with van der Waals surface area (Å²) in [6, 6.07) is 4.73. The number of alkyl halides is 2. The number of aryl methyl sites for hydroxylation is 1. The third-order valence-corrected chi connectivity index (χ3v) is 9.37. The van der Waals surface area contributed by atoms with Crippen LogP contribution in [0.2, 0.25) is 0 Å². The van der Waals surface area contributed by atoms with Gasteiger partial charge in [-0.05, 0) is 111 Å². The standard InChI is InChI=1S/C32H40F2/c1-31(2,3)29-25-10-9-19(26(25)14-21-13-23(34)15-27(21)29)17-32(4,5)30-24-8-6-7-18(24)11-20-12-22(33)16-28(20)30/h11,14,19,22-23H,6-10,12-13,15-17H2,1-5H3/t19?,22-,23+/m1/s1. The molecular weight excluding hydrogens is 422 g/mol. The summed E-state index contributed by atoms with van der Waals surface area (Å²) in [6.07, 6.45) is 7.88. The maximum atomic E-state index is 14.6. The number of halogens is 2. The molecule has 6 rings (SSSR count). The molecule has 0 spiro atoms. The highest BCUT2D eigenvalue weighted by atomic mass is 19.1. The van der Waals surface area contributed by atoms with E-state index in [0.717, 1.165) is 25.7 Å². The smallest absolute Gasteiger partial charge is 0.108 e. The van der Waals surface area contributed by atoms with E-state index in [2.05, 4.69) is 46.8 Å². The molecule has 3 atom stereocenters. The van der Waals surface area contributed by atoms with Crippen LogP contribution in [0.1, 0.15) is 115 Å². The van der Waals surface area contributed by atoms with Gasteiger partial charge in [0.15, 0.2) is 0 Å². The van der Waals surface area contributed by atoms with Crippen LogP contribution in [0.4, 0.5) is 8.78 Å². The van der Waals surface area contributed by atoms with Crippen LogP contribution in [0.25, 0.3) is 0 Å². The van der Waals surface area contributed by atoms with E-state index in [1.54, 1.807) is 5.56 Å². The summed E-state index contributed by atoms with van der Waals surface area (Å²) in [6.45, 7) is 11.7. The Hall–Kier alpha value is -1.70. The molecule has 0 aliphatic heterocycles. The predicted molar refractivity (Wildman–Crippen MR) is 137 cm³/mol. The van der Waals surface area contributed by atoms with E-state index in [-0.39, 0.29) is 10.8 Å². The van der Waals surface area contributed by atoms with Crippen molar-refractivity contribution in [3.63, 3.8) is 0 Å². The molecule has 0 fully saturated rings. The Morgan fingerprint density at radius 1 is 0.706 bits per heavy atom. The maximum Gasteiger partial charge on any atom is 0.108 e. The number of hydrogen-bond donors (Lipinski definition) is 0. The van der Waals surface area contributed by atoms with Crippen LogP contribution in [-0.4, -0.2) is 12.3 Å². The quantitative estimate of drug-likeness (QED) is 0.437. The Labute approximate surface area is 204 Å². The molecule has 0 nitrogen and oxygen atoms in total. The zero-order valence-electron chi connectivity index (χ0n) is 21.7. The van der Waals surface area contributed by atoms with Gasteiger partial charge in [-0.25, -0.2) is 8.78 Å². The van der Waals surface area contributed by atoms with Crippen LogP contribution in [0.5, 0.6) is 0 Å². The molecule has 0 amide bonds. The third-order valence-electron chi connectivity index (χ3n) is 9.37. The van der Waals surface area contributed by atoms with Crippen molar-refractivity contribution in [2.45, 2.75) is 128 Å². The molecule has 1 unspecified atom stereocenters. The van der Waals surface area contributed by atoms with E-state index in [4.69, 9.17) is 0 Å². The van der Waals surface area contributed by atoms with Crippen molar-refractivity contribution in [1.82, 2.24) is 0 Å². The second kappa shape index (κ2) is 7.65. The minimum absolute atomic E-state index is 0.0135. The van der Waals surface area contributed by atoms with Crippen molar-refractivity contribution in [3.8, 4) is 0 Å². The molecule has 34 heavy (non-hydrogen) atoms. The lowest BCUT2D eigenvalue weighted by Crippen LogP contribution is -2.25. The van der Waals surface area contributed by atoms with Crippen molar-refractivity contribution in [3.05, 3.63) is 67.8 Å². The van der Waals surface area contributed by atoms with Gasteiger partial charge in [0.1, 0.15) is 12.3 Å². The highest BCUT2D eigenvalue weighted by Gasteiger charge is 2.40. The molecule has 2 aromatic rings. The van der Waals surface area contributed by atoms with Crippen LogP contribution in [-0.2, 0) is 55.8 Å². The summed E-state index contributed by atoms with van der Waals surface area (Å²) >= 11 is 0. The lowest BCUT2D eigenvalue weighted by Gasteiger charge is -2.34. The van der Waals surface area contributed by atoms with Gasteiger partial charge in [-0.2, -0.15) is 0 Å². The van der Waals surface area contributed by atoms with Gasteiger partial charge in [0.25, 0.3) is 0 Å². The van der Waals surface area contributed by atoms with E-state index in [1.807, 2.05) is 0 Å². The van der Waals surface area contributed by atoms with Gasteiger partial charge in [0.2, 0.25) is 0 Å². The zero-order chi connectivity index (χ0) is 24.0. The fourth-order valence-electron chi connectivity index (χ4n) is 8.36. The monoisotopic (exact) mass is 462 g/mol. The molecule has 0 aromatic heterocycles. The lowest BCUT2D eigenvalue weighted by molar-refractivity contribution is 0.346. The lowest BCUT2D eigenvalue weighted by atomic mass is 9.70. The van der Waals surface area contributed by atoms with Crippen molar-refractivity contribution >= 4 is 0 Å². The van der Waals surface area contributed by atoms with Gasteiger partial charge in [0, 0.05) is 25.7 Å². The molecule has 2 aromatic carbocycles. The van der Waals surface area contributed by atoms with Crippen LogP contribution in [0.3, 0.4) is 0 Å². The number of fused-ring (bicyclic) bond motifs is 4. The van der Waals surface area contributed by atoms with Crippen LogP contribution in [0, 0.1) is 0 Å². The summed E-state index contributed by atoms with van der Waals surface area (Å²) in [5.41, 5.74) is 14.2. The zero-order valence-corrected chi connectivity index (χ0v) is 21.7. The van der Waals surface area contributed by atoms with E-state index in [0.29, 0.717) is 31.6 Å². The Morgan fingerprint density at radius 3 is 2.03 bits per heavy atom. The van der Waals surface area contributed by atoms with Gasteiger partial charge < -0.3 is 0 Å². The Bertz CT molecular complexity index is 1160.